The molecule has 0 N–H and O–H groups in total. The lowest BCUT2D eigenvalue weighted by Gasteiger charge is -2.12. The molecule has 0 saturated carbocycles. The van der Waals surface area contributed by atoms with E-state index in [2.05, 4.69) is 4.98 Å². The van der Waals surface area contributed by atoms with Crippen molar-refractivity contribution in [3.05, 3.63) is 73.3 Å². The number of nitrogens with zero attached hydrogens (tertiary/aromatic N) is 3. The van der Waals surface area contributed by atoms with E-state index in [9.17, 15) is 8.42 Å². The molecule has 0 atom stereocenters. The lowest BCUT2D eigenvalue weighted by atomic mass is 10.1. The summed E-state index contributed by atoms with van der Waals surface area (Å²) in [6, 6.07) is 16.9. The highest BCUT2D eigenvalue weighted by Gasteiger charge is 2.14. The molecule has 124 valence electrons. The Bertz CT molecular complexity index is 1170. The van der Waals surface area contributed by atoms with Gasteiger partial charge in [-0.3, -0.25) is 0 Å². The largest absolute Gasteiger partial charge is 0.306 e. The van der Waals surface area contributed by atoms with E-state index in [1.807, 2.05) is 36.4 Å². The first kappa shape index (κ1) is 15.5. The fraction of sp³-hybridized carbons (Fsp3) is 0.0526. The van der Waals surface area contributed by atoms with Gasteiger partial charge in [-0.25, -0.2) is 18.4 Å². The second-order valence-corrected chi connectivity index (χ2v) is 7.83. The molecule has 0 aliphatic carbocycles. The first-order chi connectivity index (χ1) is 12.0. The molecule has 0 aliphatic rings. The topological polar surface area (TPSA) is 64.8 Å². The Labute approximate surface area is 145 Å². The van der Waals surface area contributed by atoms with Crippen molar-refractivity contribution < 1.29 is 8.42 Å². The Hall–Kier alpha value is -2.99. The van der Waals surface area contributed by atoms with Crippen LogP contribution in [0.25, 0.3) is 27.8 Å². The maximum atomic E-state index is 11.9. The van der Waals surface area contributed by atoms with Crippen molar-refractivity contribution in [2.24, 2.45) is 0 Å². The number of fused-ring (bicyclic) bond motifs is 1. The molecule has 0 fully saturated rings. The van der Waals surface area contributed by atoms with E-state index in [1.165, 1.54) is 6.26 Å². The van der Waals surface area contributed by atoms with Gasteiger partial charge >= 0.3 is 0 Å². The summed E-state index contributed by atoms with van der Waals surface area (Å²) in [5.41, 5.74) is 3.24. The van der Waals surface area contributed by atoms with Crippen LogP contribution in [-0.4, -0.2) is 29.2 Å². The molecule has 6 heteroatoms. The van der Waals surface area contributed by atoms with E-state index in [0.29, 0.717) is 0 Å². The molecule has 5 nitrogen and oxygen atoms in total. The molecular weight excluding hydrogens is 334 g/mol. The Balaban J connectivity index is 1.96. The van der Waals surface area contributed by atoms with Crippen molar-refractivity contribution in [3.63, 3.8) is 0 Å². The SMILES string of the molecule is CS(=O)(=O)c1ccc(-c2ccc3ccccc3n2)c(-n2ccnc2)c1. The molecule has 4 aromatic rings. The summed E-state index contributed by atoms with van der Waals surface area (Å²) < 4.78 is 25.7. The third-order valence-corrected chi connectivity index (χ3v) is 5.16. The van der Waals surface area contributed by atoms with Crippen LogP contribution in [0.5, 0.6) is 0 Å². The van der Waals surface area contributed by atoms with Crippen molar-refractivity contribution >= 4 is 20.7 Å². The van der Waals surface area contributed by atoms with Crippen molar-refractivity contribution in [1.29, 1.82) is 0 Å². The first-order valence-electron chi connectivity index (χ1n) is 7.71. The molecule has 2 aromatic heterocycles. The molecule has 25 heavy (non-hydrogen) atoms. The third-order valence-electron chi connectivity index (χ3n) is 4.05. The van der Waals surface area contributed by atoms with Crippen LogP contribution in [0.15, 0.2) is 78.2 Å². The maximum absolute atomic E-state index is 11.9. The number of para-hydroxylation sites is 1. The number of rotatable bonds is 3. The standard InChI is InChI=1S/C19H15N3O2S/c1-25(23,24)15-7-8-16(19(12-15)22-11-10-20-13-22)18-9-6-14-4-2-3-5-17(14)21-18/h2-13H,1H3. The molecular formula is C19H15N3O2S. The van der Waals surface area contributed by atoms with Crippen LogP contribution in [0.2, 0.25) is 0 Å². The molecule has 0 aliphatic heterocycles. The second-order valence-electron chi connectivity index (χ2n) is 5.81. The Kier molecular flexibility index (Phi) is 3.62. The highest BCUT2D eigenvalue weighted by atomic mass is 32.2. The van der Waals surface area contributed by atoms with Gasteiger partial charge in [0, 0.05) is 29.6 Å². The fourth-order valence-corrected chi connectivity index (χ4v) is 3.43. The summed E-state index contributed by atoms with van der Waals surface area (Å²) >= 11 is 0. The van der Waals surface area contributed by atoms with Gasteiger partial charge < -0.3 is 4.57 Å². The lowest BCUT2D eigenvalue weighted by Crippen LogP contribution is -2.02. The van der Waals surface area contributed by atoms with Gasteiger partial charge in [0.2, 0.25) is 0 Å². The van der Waals surface area contributed by atoms with E-state index < -0.39 is 9.84 Å². The molecule has 4 rings (SSSR count). The molecule has 0 spiro atoms. The number of imidazole rings is 1. The normalized spacial score (nSPS) is 11.7. The summed E-state index contributed by atoms with van der Waals surface area (Å²) in [6.07, 6.45) is 6.29. The molecule has 0 unspecified atom stereocenters. The minimum atomic E-state index is -3.30. The van der Waals surface area contributed by atoms with Gasteiger partial charge in [-0.15, -0.1) is 0 Å². The van der Waals surface area contributed by atoms with Gasteiger partial charge in [0.15, 0.2) is 9.84 Å². The minimum Gasteiger partial charge on any atom is -0.306 e. The van der Waals surface area contributed by atoms with Gasteiger partial charge in [-0.2, -0.15) is 0 Å². The molecule has 0 radical (unpaired) electrons. The van der Waals surface area contributed by atoms with Gasteiger partial charge in [0.1, 0.15) is 0 Å². The number of sulfone groups is 1. The molecule has 0 saturated heterocycles. The average molecular weight is 349 g/mol. The lowest BCUT2D eigenvalue weighted by molar-refractivity contribution is 0.602. The van der Waals surface area contributed by atoms with E-state index in [-0.39, 0.29) is 4.90 Å². The van der Waals surface area contributed by atoms with Crippen LogP contribution in [0.3, 0.4) is 0 Å². The minimum absolute atomic E-state index is 0.265. The van der Waals surface area contributed by atoms with Crippen molar-refractivity contribution in [3.8, 4) is 16.9 Å². The van der Waals surface area contributed by atoms with Crippen LogP contribution < -0.4 is 0 Å². The molecule has 2 aromatic carbocycles. The van der Waals surface area contributed by atoms with Gasteiger partial charge in [0.25, 0.3) is 0 Å². The molecule has 2 heterocycles. The van der Waals surface area contributed by atoms with Gasteiger partial charge in [-0.1, -0.05) is 24.3 Å². The highest BCUT2D eigenvalue weighted by Crippen LogP contribution is 2.29. The van der Waals surface area contributed by atoms with E-state index >= 15 is 0 Å². The van der Waals surface area contributed by atoms with E-state index in [0.717, 1.165) is 27.8 Å². The van der Waals surface area contributed by atoms with Crippen LogP contribution in [0.4, 0.5) is 0 Å². The van der Waals surface area contributed by atoms with E-state index in [4.69, 9.17) is 4.98 Å². The summed E-state index contributed by atoms with van der Waals surface area (Å²) in [7, 11) is -3.30. The van der Waals surface area contributed by atoms with Gasteiger partial charge in [-0.05, 0) is 30.3 Å². The Morgan fingerprint density at radius 1 is 1.00 bits per heavy atom. The first-order valence-corrected chi connectivity index (χ1v) is 9.60. The fourth-order valence-electron chi connectivity index (χ4n) is 2.79. The van der Waals surface area contributed by atoms with Crippen molar-refractivity contribution in [1.82, 2.24) is 14.5 Å². The highest BCUT2D eigenvalue weighted by molar-refractivity contribution is 7.90. The smallest absolute Gasteiger partial charge is 0.175 e. The molecule has 0 amide bonds. The van der Waals surface area contributed by atoms with Crippen LogP contribution >= 0.6 is 0 Å². The zero-order valence-electron chi connectivity index (χ0n) is 13.5. The average Bonchev–Trinajstić information content (AvgIpc) is 3.14. The summed E-state index contributed by atoms with van der Waals surface area (Å²) in [6.45, 7) is 0. The van der Waals surface area contributed by atoms with Gasteiger partial charge in [0.05, 0.1) is 28.1 Å². The zero-order chi connectivity index (χ0) is 17.4. The van der Waals surface area contributed by atoms with Crippen molar-refractivity contribution in [2.45, 2.75) is 4.90 Å². The van der Waals surface area contributed by atoms with E-state index in [1.54, 1.807) is 41.5 Å². The number of pyridine rings is 1. The predicted octanol–water partition coefficient (Wildman–Crippen LogP) is 3.49. The summed E-state index contributed by atoms with van der Waals surface area (Å²) in [5, 5.41) is 1.06. The predicted molar refractivity (Wildman–Crippen MR) is 97.4 cm³/mol. The Morgan fingerprint density at radius 3 is 2.60 bits per heavy atom. The second kappa shape index (κ2) is 5.82. The quantitative estimate of drug-likeness (QED) is 0.568. The zero-order valence-corrected chi connectivity index (χ0v) is 14.3. The summed E-state index contributed by atoms with van der Waals surface area (Å²) in [5.74, 6) is 0. The monoisotopic (exact) mass is 349 g/mol. The maximum Gasteiger partial charge on any atom is 0.175 e. The number of hydrogen-bond donors (Lipinski definition) is 0. The number of aromatic nitrogens is 3. The number of hydrogen-bond acceptors (Lipinski definition) is 4. The van der Waals surface area contributed by atoms with Crippen LogP contribution in [0.1, 0.15) is 0 Å². The van der Waals surface area contributed by atoms with Crippen LogP contribution in [-0.2, 0) is 9.84 Å². The molecule has 0 bridgehead atoms. The van der Waals surface area contributed by atoms with Crippen molar-refractivity contribution in [2.75, 3.05) is 6.26 Å². The van der Waals surface area contributed by atoms with Crippen LogP contribution in [0, 0.1) is 0 Å². The number of benzene rings is 2. The summed E-state index contributed by atoms with van der Waals surface area (Å²) in [4.78, 5) is 9.06. The Morgan fingerprint density at radius 2 is 1.84 bits per heavy atom. The third kappa shape index (κ3) is 2.92.